The van der Waals surface area contributed by atoms with Gasteiger partial charge in [0.2, 0.25) is 0 Å². The average molecular weight is 640 g/mol. The van der Waals surface area contributed by atoms with E-state index in [0.29, 0.717) is 0 Å². The molecule has 10 rings (SSSR count). The van der Waals surface area contributed by atoms with Crippen LogP contribution in [0, 0.1) is 0 Å². The van der Waals surface area contributed by atoms with Crippen molar-refractivity contribution in [3.8, 4) is 11.1 Å². The molecule has 7 aromatic carbocycles. The third-order valence-electron chi connectivity index (χ3n) is 9.78. The van der Waals surface area contributed by atoms with Gasteiger partial charge in [0.25, 0.3) is 0 Å². The molecule has 222 valence electrons. The zero-order valence-electron chi connectivity index (χ0n) is 25.2. The highest BCUT2D eigenvalue weighted by Gasteiger charge is 2.50. The lowest BCUT2D eigenvalue weighted by Crippen LogP contribution is -2.32. The molecule has 1 aromatic heterocycles. The lowest BCUT2D eigenvalue weighted by atomic mass is 9.67. The fourth-order valence-corrected chi connectivity index (χ4v) is 9.34. The fourth-order valence-electron chi connectivity index (χ4n) is 7.89. The zero-order chi connectivity index (χ0) is 31.1. The van der Waals surface area contributed by atoms with Gasteiger partial charge in [0.15, 0.2) is 0 Å². The summed E-state index contributed by atoms with van der Waals surface area (Å²) in [4.78, 5) is 4.77. The topological polar surface area (TPSA) is 16.4 Å². The number of benzene rings is 7. The minimum absolute atomic E-state index is 0.491. The highest BCUT2D eigenvalue weighted by molar-refractivity contribution is 7.99. The highest BCUT2D eigenvalue weighted by Crippen LogP contribution is 2.63. The van der Waals surface area contributed by atoms with Gasteiger partial charge in [-0.3, -0.25) is 0 Å². The molecule has 4 heteroatoms. The quantitative estimate of drug-likeness (QED) is 0.191. The van der Waals surface area contributed by atoms with E-state index in [0.717, 1.165) is 44.0 Å². The number of halogens is 1. The van der Waals surface area contributed by atoms with E-state index in [1.54, 1.807) is 11.8 Å². The molecule has 0 saturated carbocycles. The van der Waals surface area contributed by atoms with Crippen molar-refractivity contribution < 1.29 is 4.42 Å². The van der Waals surface area contributed by atoms with E-state index in [1.165, 1.54) is 43.2 Å². The van der Waals surface area contributed by atoms with Gasteiger partial charge in [-0.15, -0.1) is 0 Å². The van der Waals surface area contributed by atoms with E-state index in [2.05, 4.69) is 144 Å². The van der Waals surface area contributed by atoms with Crippen LogP contribution in [0.5, 0.6) is 0 Å². The molecule has 8 aromatic rings. The van der Waals surface area contributed by atoms with Gasteiger partial charge in [0.05, 0.1) is 5.41 Å². The Kier molecular flexibility index (Phi) is 5.81. The van der Waals surface area contributed by atoms with Crippen LogP contribution in [-0.4, -0.2) is 0 Å². The summed E-state index contributed by atoms with van der Waals surface area (Å²) in [6.07, 6.45) is 0. The van der Waals surface area contributed by atoms with Crippen molar-refractivity contribution in [3.63, 3.8) is 0 Å². The van der Waals surface area contributed by atoms with Crippen LogP contribution in [0.15, 0.2) is 172 Å². The van der Waals surface area contributed by atoms with Crippen LogP contribution < -0.4 is 4.90 Å². The predicted molar refractivity (Wildman–Crippen MR) is 195 cm³/mol. The summed E-state index contributed by atoms with van der Waals surface area (Å²) in [6.45, 7) is 0. The van der Waals surface area contributed by atoms with Crippen molar-refractivity contribution in [2.24, 2.45) is 0 Å². The molecule has 0 amide bonds. The Labute approximate surface area is 281 Å². The maximum Gasteiger partial charge on any atom is 0.137 e. The summed E-state index contributed by atoms with van der Waals surface area (Å²) in [6, 6.07) is 56.6. The molecule has 1 aliphatic carbocycles. The average Bonchev–Trinajstić information content (AvgIpc) is 3.63. The fraction of sp³-hybridized carbons (Fsp3) is 0.0233. The highest BCUT2D eigenvalue weighted by atomic mass is 35.5. The second kappa shape index (κ2) is 10.1. The smallest absolute Gasteiger partial charge is 0.137 e. The second-order valence-electron chi connectivity index (χ2n) is 12.2. The number of anilines is 3. The van der Waals surface area contributed by atoms with E-state index in [9.17, 15) is 0 Å². The van der Waals surface area contributed by atoms with E-state index in [1.807, 2.05) is 18.2 Å². The van der Waals surface area contributed by atoms with Gasteiger partial charge in [-0.1, -0.05) is 114 Å². The molecule has 47 heavy (non-hydrogen) atoms. The van der Waals surface area contributed by atoms with Crippen LogP contribution in [0.4, 0.5) is 17.1 Å². The van der Waals surface area contributed by atoms with Crippen molar-refractivity contribution >= 4 is 62.4 Å². The number of hydrogen-bond donors (Lipinski definition) is 0. The third kappa shape index (κ3) is 3.82. The first kappa shape index (κ1) is 26.9. The Balaban J connectivity index is 1.25. The van der Waals surface area contributed by atoms with Crippen LogP contribution in [-0.2, 0) is 5.41 Å². The van der Waals surface area contributed by atoms with Crippen LogP contribution in [0.1, 0.15) is 22.3 Å². The Morgan fingerprint density at radius 1 is 0.468 bits per heavy atom. The molecular weight excluding hydrogens is 614 g/mol. The molecule has 2 heterocycles. The summed E-state index contributed by atoms with van der Waals surface area (Å²) in [5.41, 5.74) is 12.2. The molecule has 1 spiro atoms. The Morgan fingerprint density at radius 2 is 1.13 bits per heavy atom. The van der Waals surface area contributed by atoms with Gasteiger partial charge in [-0.2, -0.15) is 0 Å². The van der Waals surface area contributed by atoms with Gasteiger partial charge in [-0.05, 0) is 94.0 Å². The molecule has 2 aliphatic rings. The SMILES string of the molecule is Clc1ccc2c(c1)Sc1ccc(N(c3ccccc3)c3ccc4c(c3)oc3ccccc34)cc1C21c2ccccc2-c2ccccc21. The first-order chi connectivity index (χ1) is 23.2. The van der Waals surface area contributed by atoms with Crippen molar-refractivity contribution in [2.45, 2.75) is 15.2 Å². The number of nitrogens with zero attached hydrogens (tertiary/aromatic N) is 1. The Morgan fingerprint density at radius 3 is 1.94 bits per heavy atom. The van der Waals surface area contributed by atoms with E-state index in [-0.39, 0.29) is 0 Å². The van der Waals surface area contributed by atoms with E-state index >= 15 is 0 Å². The lowest BCUT2D eigenvalue weighted by Gasteiger charge is -2.40. The number of rotatable bonds is 3. The van der Waals surface area contributed by atoms with Crippen molar-refractivity contribution in [1.82, 2.24) is 0 Å². The molecule has 0 unspecified atom stereocenters. The van der Waals surface area contributed by atoms with E-state index < -0.39 is 5.41 Å². The number of para-hydroxylation sites is 2. The second-order valence-corrected chi connectivity index (χ2v) is 13.7. The summed E-state index contributed by atoms with van der Waals surface area (Å²) in [5.74, 6) is 0. The summed E-state index contributed by atoms with van der Waals surface area (Å²) >= 11 is 8.45. The van der Waals surface area contributed by atoms with Gasteiger partial charge in [0, 0.05) is 48.7 Å². The lowest BCUT2D eigenvalue weighted by molar-refractivity contribution is 0.669. The number of furan rings is 1. The van der Waals surface area contributed by atoms with E-state index in [4.69, 9.17) is 16.0 Å². The molecule has 1 aliphatic heterocycles. The van der Waals surface area contributed by atoms with Crippen molar-refractivity contribution in [2.75, 3.05) is 4.90 Å². The van der Waals surface area contributed by atoms with Crippen molar-refractivity contribution in [3.05, 3.63) is 185 Å². The normalized spacial score (nSPS) is 13.7. The van der Waals surface area contributed by atoms with Crippen LogP contribution >= 0.6 is 23.4 Å². The standard InChI is InChI=1S/C43H26ClNOS/c44-27-18-22-37-42(24-27)47-41-23-20-29(25-38(41)43(37)35-15-7-4-12-31(35)32-13-5-8-16-36(32)43)45(28-10-2-1-3-11-28)30-19-21-34-33-14-6-9-17-39(33)46-40(34)26-30/h1-26H. The first-order valence-electron chi connectivity index (χ1n) is 15.8. The molecule has 0 bridgehead atoms. The molecular formula is C43H26ClNOS. The van der Waals surface area contributed by atoms with Gasteiger partial charge >= 0.3 is 0 Å². The van der Waals surface area contributed by atoms with Crippen LogP contribution in [0.2, 0.25) is 5.02 Å². The van der Waals surface area contributed by atoms with Crippen LogP contribution in [0.3, 0.4) is 0 Å². The van der Waals surface area contributed by atoms with Crippen LogP contribution in [0.25, 0.3) is 33.1 Å². The zero-order valence-corrected chi connectivity index (χ0v) is 26.7. The molecule has 0 fully saturated rings. The minimum Gasteiger partial charge on any atom is -0.456 e. The largest absolute Gasteiger partial charge is 0.456 e. The maximum absolute atomic E-state index is 6.64. The number of fused-ring (bicyclic) bond motifs is 12. The molecule has 2 nitrogen and oxygen atoms in total. The van der Waals surface area contributed by atoms with Gasteiger partial charge in [0.1, 0.15) is 11.2 Å². The monoisotopic (exact) mass is 639 g/mol. The molecule has 0 N–H and O–H groups in total. The molecule has 0 radical (unpaired) electrons. The van der Waals surface area contributed by atoms with Gasteiger partial charge < -0.3 is 9.32 Å². The maximum atomic E-state index is 6.64. The summed E-state index contributed by atoms with van der Waals surface area (Å²) in [7, 11) is 0. The predicted octanol–water partition coefficient (Wildman–Crippen LogP) is 12.5. The molecule has 0 atom stereocenters. The molecule has 0 saturated heterocycles. The summed E-state index contributed by atoms with van der Waals surface area (Å²) in [5, 5.41) is 3.00. The van der Waals surface area contributed by atoms with Crippen molar-refractivity contribution in [1.29, 1.82) is 0 Å². The summed E-state index contributed by atoms with van der Waals surface area (Å²) < 4.78 is 6.37. The number of hydrogen-bond acceptors (Lipinski definition) is 3. The minimum atomic E-state index is -0.491. The Bertz CT molecular complexity index is 2490. The Hall–Kier alpha value is -5.22. The first-order valence-corrected chi connectivity index (χ1v) is 17.0. The third-order valence-corrected chi connectivity index (χ3v) is 11.1. The van der Waals surface area contributed by atoms with Gasteiger partial charge in [-0.25, -0.2) is 0 Å².